The van der Waals surface area contributed by atoms with E-state index in [9.17, 15) is 14.9 Å². The summed E-state index contributed by atoms with van der Waals surface area (Å²) in [6, 6.07) is 0.946. The highest BCUT2D eigenvalue weighted by Crippen LogP contribution is 2.27. The molecule has 0 spiro atoms. The van der Waals surface area contributed by atoms with Gasteiger partial charge < -0.3 is 10.4 Å². The fourth-order valence-corrected chi connectivity index (χ4v) is 1.24. The first-order valence-electron chi connectivity index (χ1n) is 5.77. The largest absolute Gasteiger partial charge is 0.478 e. The van der Waals surface area contributed by atoms with Gasteiger partial charge >= 0.3 is 11.7 Å². The Hall–Kier alpha value is -2.18. The number of hydrogen-bond donors (Lipinski definition) is 2. The summed E-state index contributed by atoms with van der Waals surface area (Å²) in [4.78, 5) is 24.9. The fraction of sp³-hybridized carbons (Fsp3) is 0.500. The topological polar surface area (TPSA) is 105 Å². The highest BCUT2D eigenvalue weighted by Gasteiger charge is 2.25. The minimum atomic E-state index is -1.24. The number of anilines is 1. The van der Waals surface area contributed by atoms with Gasteiger partial charge in [0.15, 0.2) is 0 Å². The molecule has 104 valence electrons. The fourth-order valence-electron chi connectivity index (χ4n) is 1.24. The molecule has 1 heterocycles. The van der Waals surface area contributed by atoms with Crippen LogP contribution in [0.2, 0.25) is 0 Å². The Morgan fingerprint density at radius 3 is 2.53 bits per heavy atom. The number of hydrogen-bond acceptors (Lipinski definition) is 5. The van der Waals surface area contributed by atoms with Crippen molar-refractivity contribution in [3.05, 3.63) is 27.9 Å². The van der Waals surface area contributed by atoms with Gasteiger partial charge in [-0.25, -0.2) is 9.78 Å². The molecule has 0 radical (unpaired) electrons. The molecule has 19 heavy (non-hydrogen) atoms. The lowest BCUT2D eigenvalue weighted by Crippen LogP contribution is -2.31. The molecule has 0 saturated heterocycles. The Bertz CT molecular complexity index is 508. The summed E-state index contributed by atoms with van der Waals surface area (Å²) in [6.45, 7) is 7.85. The first-order chi connectivity index (χ1) is 8.62. The SMILES string of the molecule is CC(Nc1ncc(C(=O)O)cc1[N+](=O)[O-])C(C)(C)C. The van der Waals surface area contributed by atoms with Gasteiger partial charge in [-0.1, -0.05) is 20.8 Å². The summed E-state index contributed by atoms with van der Waals surface area (Å²) >= 11 is 0. The van der Waals surface area contributed by atoms with Crippen LogP contribution in [0.4, 0.5) is 11.5 Å². The summed E-state index contributed by atoms with van der Waals surface area (Å²) in [5.74, 6) is -1.16. The molecule has 1 unspecified atom stereocenters. The number of carboxylic acids is 1. The second kappa shape index (κ2) is 5.21. The molecule has 0 amide bonds. The molecular weight excluding hydrogens is 250 g/mol. The summed E-state index contributed by atoms with van der Waals surface area (Å²) < 4.78 is 0. The van der Waals surface area contributed by atoms with Gasteiger partial charge in [0.2, 0.25) is 5.82 Å². The van der Waals surface area contributed by atoms with Crippen molar-refractivity contribution in [3.8, 4) is 0 Å². The Morgan fingerprint density at radius 2 is 2.11 bits per heavy atom. The maximum Gasteiger partial charge on any atom is 0.337 e. The molecule has 7 nitrogen and oxygen atoms in total. The predicted octanol–water partition coefficient (Wildman–Crippen LogP) is 2.53. The molecule has 0 aromatic carbocycles. The van der Waals surface area contributed by atoms with Crippen molar-refractivity contribution in [1.82, 2.24) is 4.98 Å². The second-order valence-electron chi connectivity index (χ2n) is 5.39. The highest BCUT2D eigenvalue weighted by molar-refractivity contribution is 5.88. The first-order valence-corrected chi connectivity index (χ1v) is 5.77. The normalized spacial score (nSPS) is 12.8. The van der Waals surface area contributed by atoms with Crippen LogP contribution in [-0.4, -0.2) is 27.0 Å². The van der Waals surface area contributed by atoms with E-state index >= 15 is 0 Å². The lowest BCUT2D eigenvalue weighted by atomic mass is 9.88. The summed E-state index contributed by atoms with van der Waals surface area (Å²) in [6.07, 6.45) is 1.10. The van der Waals surface area contributed by atoms with Gasteiger partial charge in [-0.05, 0) is 12.3 Å². The minimum absolute atomic E-state index is 0.0608. The van der Waals surface area contributed by atoms with Crippen LogP contribution in [-0.2, 0) is 0 Å². The number of nitro groups is 1. The third kappa shape index (κ3) is 3.64. The number of aromatic carboxylic acids is 1. The second-order valence-corrected chi connectivity index (χ2v) is 5.39. The molecular formula is C12H17N3O4. The van der Waals surface area contributed by atoms with Gasteiger partial charge in [0.05, 0.1) is 10.5 Å². The van der Waals surface area contributed by atoms with Crippen LogP contribution in [0.1, 0.15) is 38.1 Å². The smallest absolute Gasteiger partial charge is 0.337 e. The molecule has 0 aliphatic carbocycles. The molecule has 2 N–H and O–H groups in total. The molecule has 1 aromatic rings. The number of carboxylic acid groups (broad SMARTS) is 1. The van der Waals surface area contributed by atoms with Crippen LogP contribution in [0.5, 0.6) is 0 Å². The quantitative estimate of drug-likeness (QED) is 0.641. The standard InChI is InChI=1S/C12H17N3O4/c1-7(12(2,3)4)14-10-9(15(18)19)5-8(6-13-10)11(16)17/h5-7H,1-4H3,(H,13,14)(H,16,17). The average molecular weight is 267 g/mol. The molecule has 0 aliphatic heterocycles. The van der Waals surface area contributed by atoms with Gasteiger partial charge in [0.25, 0.3) is 0 Å². The van der Waals surface area contributed by atoms with Crippen molar-refractivity contribution < 1.29 is 14.8 Å². The van der Waals surface area contributed by atoms with Gasteiger partial charge in [-0.2, -0.15) is 0 Å². The van der Waals surface area contributed by atoms with Crippen LogP contribution in [0.3, 0.4) is 0 Å². The average Bonchev–Trinajstić information content (AvgIpc) is 2.27. The van der Waals surface area contributed by atoms with E-state index in [2.05, 4.69) is 10.3 Å². The van der Waals surface area contributed by atoms with Crippen LogP contribution in [0, 0.1) is 15.5 Å². The molecule has 1 rings (SSSR count). The van der Waals surface area contributed by atoms with E-state index in [1.54, 1.807) is 0 Å². The van der Waals surface area contributed by atoms with Crippen molar-refractivity contribution in [1.29, 1.82) is 0 Å². The highest BCUT2D eigenvalue weighted by atomic mass is 16.6. The molecule has 7 heteroatoms. The van der Waals surface area contributed by atoms with E-state index in [4.69, 9.17) is 5.11 Å². The third-order valence-corrected chi connectivity index (χ3v) is 2.96. The Kier molecular flexibility index (Phi) is 4.08. The maximum absolute atomic E-state index is 11.0. The number of nitrogens with one attached hydrogen (secondary N) is 1. The number of nitrogens with zero attached hydrogens (tertiary/aromatic N) is 2. The van der Waals surface area contributed by atoms with Crippen LogP contribution in [0.25, 0.3) is 0 Å². The first kappa shape index (κ1) is 14.9. The van der Waals surface area contributed by atoms with Gasteiger partial charge in [0, 0.05) is 18.3 Å². The Labute approximate surface area is 110 Å². The zero-order valence-electron chi connectivity index (χ0n) is 11.3. The van der Waals surface area contributed by atoms with Crippen LogP contribution in [0.15, 0.2) is 12.3 Å². The van der Waals surface area contributed by atoms with Crippen molar-refractivity contribution in [2.45, 2.75) is 33.7 Å². The molecule has 0 aliphatic rings. The van der Waals surface area contributed by atoms with Crippen molar-refractivity contribution in [2.75, 3.05) is 5.32 Å². The molecule has 0 bridgehead atoms. The summed E-state index contributed by atoms with van der Waals surface area (Å²) in [7, 11) is 0. The van der Waals surface area contributed by atoms with Crippen molar-refractivity contribution in [2.24, 2.45) is 5.41 Å². The molecule has 1 aromatic heterocycles. The predicted molar refractivity (Wildman–Crippen MR) is 70.4 cm³/mol. The Balaban J connectivity index is 3.14. The Morgan fingerprint density at radius 1 is 1.53 bits per heavy atom. The number of aromatic nitrogens is 1. The minimum Gasteiger partial charge on any atom is -0.478 e. The lowest BCUT2D eigenvalue weighted by molar-refractivity contribution is -0.384. The lowest BCUT2D eigenvalue weighted by Gasteiger charge is -2.28. The summed E-state index contributed by atoms with van der Waals surface area (Å²) in [5.41, 5.74) is -0.655. The van der Waals surface area contributed by atoms with Gasteiger partial charge in [-0.3, -0.25) is 10.1 Å². The van der Waals surface area contributed by atoms with E-state index in [1.165, 1.54) is 0 Å². The number of rotatable bonds is 4. The van der Waals surface area contributed by atoms with Crippen molar-refractivity contribution in [3.63, 3.8) is 0 Å². The van der Waals surface area contributed by atoms with Gasteiger partial charge in [0.1, 0.15) is 0 Å². The van der Waals surface area contributed by atoms with Crippen LogP contribution >= 0.6 is 0 Å². The number of carbonyl (C=O) groups is 1. The third-order valence-electron chi connectivity index (χ3n) is 2.96. The molecule has 0 fully saturated rings. The van der Waals surface area contributed by atoms with E-state index in [1.807, 2.05) is 27.7 Å². The van der Waals surface area contributed by atoms with E-state index < -0.39 is 10.9 Å². The van der Waals surface area contributed by atoms with Crippen molar-refractivity contribution >= 4 is 17.5 Å². The maximum atomic E-state index is 11.0. The zero-order valence-corrected chi connectivity index (χ0v) is 11.3. The van der Waals surface area contributed by atoms with E-state index in [0.29, 0.717) is 0 Å². The van der Waals surface area contributed by atoms with E-state index in [0.717, 1.165) is 12.3 Å². The number of pyridine rings is 1. The van der Waals surface area contributed by atoms with Gasteiger partial charge in [-0.15, -0.1) is 0 Å². The monoisotopic (exact) mass is 267 g/mol. The zero-order chi connectivity index (χ0) is 14.8. The van der Waals surface area contributed by atoms with Crippen LogP contribution < -0.4 is 5.32 Å². The molecule has 0 saturated carbocycles. The summed E-state index contributed by atoms with van der Waals surface area (Å²) in [5, 5.41) is 22.7. The molecule has 1 atom stereocenters. The van der Waals surface area contributed by atoms with E-state index in [-0.39, 0.29) is 28.5 Å².